The zero-order valence-electron chi connectivity index (χ0n) is 12.7. The Kier molecular flexibility index (Phi) is 3.70. The van der Waals surface area contributed by atoms with Crippen molar-refractivity contribution in [3.8, 4) is 16.5 Å². The molecule has 0 aliphatic carbocycles. The normalized spacial score (nSPS) is 11.5. The third kappa shape index (κ3) is 2.73. The lowest BCUT2D eigenvalue weighted by molar-refractivity contribution is 1.27. The number of hydrogen-bond acceptors (Lipinski definition) is 3. The average molecular weight is 327 g/mol. The van der Waals surface area contributed by atoms with Crippen LogP contribution in [0.3, 0.4) is 0 Å². The van der Waals surface area contributed by atoms with Crippen molar-refractivity contribution in [3.05, 3.63) is 77.4 Å². The molecule has 2 aromatic carbocycles. The van der Waals surface area contributed by atoms with Crippen LogP contribution in [0.15, 0.2) is 66.0 Å². The summed E-state index contributed by atoms with van der Waals surface area (Å²) in [5.74, 6) is 0.597. The first-order valence-corrected chi connectivity index (χ1v) is 8.42. The highest BCUT2D eigenvalue weighted by molar-refractivity contribution is 7.13. The fourth-order valence-electron chi connectivity index (χ4n) is 2.63. The summed E-state index contributed by atoms with van der Waals surface area (Å²) in [5, 5.41) is 11.6. The van der Waals surface area contributed by atoms with Crippen molar-refractivity contribution >= 4 is 34.0 Å². The maximum absolute atomic E-state index is 9.54. The van der Waals surface area contributed by atoms with E-state index in [0.717, 1.165) is 22.2 Å². The predicted octanol–water partition coefficient (Wildman–Crippen LogP) is 5.36. The number of rotatable bonds is 3. The molecule has 0 radical (unpaired) electrons. The summed E-state index contributed by atoms with van der Waals surface area (Å²) in [6.45, 7) is 0. The van der Waals surface area contributed by atoms with Gasteiger partial charge in [-0.15, -0.1) is 11.3 Å². The molecule has 4 heteroatoms. The molecule has 0 aliphatic rings. The van der Waals surface area contributed by atoms with Crippen LogP contribution < -0.4 is 0 Å². The Morgan fingerprint density at radius 3 is 2.79 bits per heavy atom. The second-order valence-corrected chi connectivity index (χ2v) is 6.32. The van der Waals surface area contributed by atoms with Gasteiger partial charge in [-0.25, -0.2) is 4.98 Å². The van der Waals surface area contributed by atoms with Crippen LogP contribution in [0.1, 0.15) is 11.4 Å². The van der Waals surface area contributed by atoms with Gasteiger partial charge in [-0.05, 0) is 46.8 Å². The van der Waals surface area contributed by atoms with Crippen molar-refractivity contribution in [2.75, 3.05) is 0 Å². The first kappa shape index (κ1) is 14.4. The molecule has 1 N–H and O–H groups in total. The molecular weight excluding hydrogens is 314 g/mol. The van der Waals surface area contributed by atoms with Gasteiger partial charge < -0.3 is 4.98 Å². The number of allylic oxidation sites excluding steroid dienone is 1. The van der Waals surface area contributed by atoms with Crippen LogP contribution in [-0.4, -0.2) is 9.97 Å². The monoisotopic (exact) mass is 327 g/mol. The van der Waals surface area contributed by atoms with Crippen LogP contribution in [0.5, 0.6) is 0 Å². The first-order valence-electron chi connectivity index (χ1n) is 7.54. The molecule has 2 heterocycles. The van der Waals surface area contributed by atoms with Crippen molar-refractivity contribution in [3.63, 3.8) is 0 Å². The van der Waals surface area contributed by atoms with E-state index in [9.17, 15) is 5.26 Å². The van der Waals surface area contributed by atoms with Gasteiger partial charge in [0.25, 0.3) is 0 Å². The fourth-order valence-corrected chi connectivity index (χ4v) is 3.35. The molecule has 0 unspecified atom stereocenters. The standard InChI is InChI=1S/C20H13N3S/c21-13-16(20-22-17-7-1-2-8-18(17)23-20)12-14-5-3-6-15(11-14)19-9-4-10-24-19/h1-12H,(H,22,23)/b16-12+. The topological polar surface area (TPSA) is 52.5 Å². The number of imidazole rings is 1. The lowest BCUT2D eigenvalue weighted by Gasteiger charge is -2.00. The van der Waals surface area contributed by atoms with E-state index in [4.69, 9.17) is 0 Å². The minimum atomic E-state index is 0.523. The van der Waals surface area contributed by atoms with Crippen molar-refractivity contribution < 1.29 is 0 Å². The molecule has 0 spiro atoms. The zero-order valence-corrected chi connectivity index (χ0v) is 13.5. The highest BCUT2D eigenvalue weighted by Crippen LogP contribution is 2.26. The van der Waals surface area contributed by atoms with E-state index < -0.39 is 0 Å². The Morgan fingerprint density at radius 1 is 1.08 bits per heavy atom. The number of H-pyrrole nitrogens is 1. The number of thiophene rings is 1. The number of fused-ring (bicyclic) bond motifs is 1. The van der Waals surface area contributed by atoms with Crippen LogP contribution in [0.25, 0.3) is 33.1 Å². The molecule has 4 aromatic rings. The molecule has 0 saturated carbocycles. The largest absolute Gasteiger partial charge is 0.337 e. The molecule has 0 saturated heterocycles. The molecule has 0 aliphatic heterocycles. The Hall–Kier alpha value is -3.16. The van der Waals surface area contributed by atoms with Crippen molar-refractivity contribution in [2.24, 2.45) is 0 Å². The van der Waals surface area contributed by atoms with Crippen LogP contribution in [-0.2, 0) is 0 Å². The fraction of sp³-hybridized carbons (Fsp3) is 0. The molecule has 3 nitrogen and oxygen atoms in total. The van der Waals surface area contributed by atoms with Gasteiger partial charge in [0.1, 0.15) is 11.9 Å². The summed E-state index contributed by atoms with van der Waals surface area (Å²) in [5.41, 5.74) is 4.45. The molecule has 0 bridgehead atoms. The van der Waals surface area contributed by atoms with E-state index in [2.05, 4.69) is 39.6 Å². The number of hydrogen-bond donors (Lipinski definition) is 1. The third-order valence-electron chi connectivity index (χ3n) is 3.77. The van der Waals surface area contributed by atoms with Gasteiger partial charge in [0.05, 0.1) is 16.6 Å². The van der Waals surface area contributed by atoms with E-state index >= 15 is 0 Å². The van der Waals surface area contributed by atoms with Gasteiger partial charge in [-0.3, -0.25) is 0 Å². The van der Waals surface area contributed by atoms with Gasteiger partial charge in [-0.2, -0.15) is 5.26 Å². The Labute approximate surface area is 143 Å². The second kappa shape index (κ2) is 6.15. The third-order valence-corrected chi connectivity index (χ3v) is 4.69. The number of nitriles is 1. The number of aromatic amines is 1. The minimum absolute atomic E-state index is 0.523. The summed E-state index contributed by atoms with van der Waals surface area (Å²) in [4.78, 5) is 8.93. The summed E-state index contributed by atoms with van der Waals surface area (Å²) >= 11 is 1.70. The van der Waals surface area contributed by atoms with Crippen LogP contribution in [0.2, 0.25) is 0 Å². The molecule has 0 atom stereocenters. The van der Waals surface area contributed by atoms with Crippen LogP contribution >= 0.6 is 11.3 Å². The predicted molar refractivity (Wildman–Crippen MR) is 99.3 cm³/mol. The molecule has 0 amide bonds. The van der Waals surface area contributed by atoms with E-state index in [1.165, 1.54) is 4.88 Å². The number of nitrogens with one attached hydrogen (secondary N) is 1. The summed E-state index contributed by atoms with van der Waals surface area (Å²) < 4.78 is 0. The SMILES string of the molecule is N#C/C(=C\c1cccc(-c2cccs2)c1)c1nc2ccccc2[nH]1. The number of aromatic nitrogens is 2. The van der Waals surface area contributed by atoms with Gasteiger partial charge in [0.2, 0.25) is 0 Å². The van der Waals surface area contributed by atoms with Gasteiger partial charge >= 0.3 is 0 Å². The van der Waals surface area contributed by atoms with E-state index in [1.807, 2.05) is 48.5 Å². The molecule has 24 heavy (non-hydrogen) atoms. The first-order chi connectivity index (χ1) is 11.8. The maximum atomic E-state index is 9.54. The van der Waals surface area contributed by atoms with Crippen molar-refractivity contribution in [1.82, 2.24) is 9.97 Å². The van der Waals surface area contributed by atoms with E-state index in [1.54, 1.807) is 11.3 Å². The van der Waals surface area contributed by atoms with Crippen LogP contribution in [0, 0.1) is 11.3 Å². The Morgan fingerprint density at radius 2 is 2.00 bits per heavy atom. The van der Waals surface area contributed by atoms with Gasteiger partial charge in [0.15, 0.2) is 0 Å². The smallest absolute Gasteiger partial charge is 0.149 e. The number of benzene rings is 2. The van der Waals surface area contributed by atoms with Crippen molar-refractivity contribution in [2.45, 2.75) is 0 Å². The molecule has 114 valence electrons. The summed E-state index contributed by atoms with van der Waals surface area (Å²) in [6.07, 6.45) is 1.87. The molecule has 0 fully saturated rings. The van der Waals surface area contributed by atoms with E-state index in [-0.39, 0.29) is 0 Å². The summed E-state index contributed by atoms with van der Waals surface area (Å²) in [6, 6.07) is 22.3. The Balaban J connectivity index is 1.75. The van der Waals surface area contributed by atoms with Crippen LogP contribution in [0.4, 0.5) is 0 Å². The number of nitrogens with zero attached hydrogens (tertiary/aromatic N) is 2. The van der Waals surface area contributed by atoms with Gasteiger partial charge in [0, 0.05) is 4.88 Å². The zero-order chi connectivity index (χ0) is 16.4. The lowest BCUT2D eigenvalue weighted by Crippen LogP contribution is -1.85. The maximum Gasteiger partial charge on any atom is 0.149 e. The lowest BCUT2D eigenvalue weighted by atomic mass is 10.1. The molecule has 2 aromatic heterocycles. The Bertz CT molecular complexity index is 1030. The second-order valence-electron chi connectivity index (χ2n) is 5.38. The minimum Gasteiger partial charge on any atom is -0.337 e. The van der Waals surface area contributed by atoms with Gasteiger partial charge in [-0.1, -0.05) is 36.4 Å². The number of para-hydroxylation sites is 2. The highest BCUT2D eigenvalue weighted by atomic mass is 32.1. The van der Waals surface area contributed by atoms with E-state index in [0.29, 0.717) is 11.4 Å². The molecule has 4 rings (SSSR count). The highest BCUT2D eigenvalue weighted by Gasteiger charge is 2.08. The quantitative estimate of drug-likeness (QED) is 0.515. The average Bonchev–Trinajstić information content (AvgIpc) is 3.29. The molecular formula is C20H13N3S. The summed E-state index contributed by atoms with van der Waals surface area (Å²) in [7, 11) is 0. The van der Waals surface area contributed by atoms with Crippen molar-refractivity contribution in [1.29, 1.82) is 5.26 Å².